The molecule has 0 aliphatic rings. The third kappa shape index (κ3) is 2.76. The molecule has 4 aromatic heterocycles. The summed E-state index contributed by atoms with van der Waals surface area (Å²) >= 11 is 0. The van der Waals surface area contributed by atoms with E-state index in [1.54, 1.807) is 23.2 Å². The van der Waals surface area contributed by atoms with Crippen LogP contribution in [0.25, 0.3) is 5.65 Å². The minimum Gasteiger partial charge on any atom is -0.485 e. The quantitative estimate of drug-likeness (QED) is 0.563. The summed E-state index contributed by atoms with van der Waals surface area (Å²) in [6.07, 6.45) is 8.70. The summed E-state index contributed by atoms with van der Waals surface area (Å²) in [4.78, 5) is 12.6. The highest BCUT2D eigenvalue weighted by atomic mass is 16.5. The standard InChI is InChI=1S/C16H14N6O/c1-3-13(22-16(5-1)19-11-20-22)10-23-15-4-2-6-18-14(15)9-21-8-7-17-12-21/h1-8,11-12H,9-10H2. The van der Waals surface area contributed by atoms with Gasteiger partial charge >= 0.3 is 0 Å². The highest BCUT2D eigenvalue weighted by Crippen LogP contribution is 2.18. The molecule has 0 spiro atoms. The van der Waals surface area contributed by atoms with Crippen molar-refractivity contribution in [3.05, 3.63) is 73.0 Å². The number of nitrogens with zero attached hydrogens (tertiary/aromatic N) is 6. The maximum Gasteiger partial charge on any atom is 0.155 e. The molecule has 114 valence electrons. The Morgan fingerprint density at radius 3 is 2.96 bits per heavy atom. The molecule has 4 heterocycles. The monoisotopic (exact) mass is 306 g/mol. The topological polar surface area (TPSA) is 70.1 Å². The van der Waals surface area contributed by atoms with E-state index in [1.165, 1.54) is 6.33 Å². The number of fused-ring (bicyclic) bond motifs is 1. The van der Waals surface area contributed by atoms with Crippen LogP contribution in [-0.4, -0.2) is 29.1 Å². The number of ether oxygens (including phenoxy) is 1. The van der Waals surface area contributed by atoms with Crippen LogP contribution in [0.15, 0.2) is 61.6 Å². The summed E-state index contributed by atoms with van der Waals surface area (Å²) in [5, 5.41) is 4.21. The van der Waals surface area contributed by atoms with E-state index in [0.29, 0.717) is 13.2 Å². The fourth-order valence-electron chi connectivity index (χ4n) is 2.39. The minimum atomic E-state index is 0.392. The third-order valence-corrected chi connectivity index (χ3v) is 3.50. The van der Waals surface area contributed by atoms with Crippen LogP contribution in [-0.2, 0) is 13.2 Å². The highest BCUT2D eigenvalue weighted by molar-refractivity contribution is 5.37. The first-order chi connectivity index (χ1) is 11.4. The van der Waals surface area contributed by atoms with Gasteiger partial charge in [0.05, 0.1) is 18.6 Å². The first kappa shape index (κ1) is 13.4. The second-order valence-corrected chi connectivity index (χ2v) is 5.02. The SMILES string of the molecule is c1cnc(Cn2ccnc2)c(OCc2cccc3ncnn23)c1. The van der Waals surface area contributed by atoms with E-state index in [4.69, 9.17) is 4.74 Å². The first-order valence-corrected chi connectivity index (χ1v) is 7.20. The summed E-state index contributed by atoms with van der Waals surface area (Å²) in [7, 11) is 0. The van der Waals surface area contributed by atoms with Gasteiger partial charge in [0.15, 0.2) is 5.65 Å². The van der Waals surface area contributed by atoms with Crippen molar-refractivity contribution in [2.75, 3.05) is 0 Å². The Hall–Kier alpha value is -3.22. The Morgan fingerprint density at radius 1 is 1.04 bits per heavy atom. The molecule has 0 bridgehead atoms. The van der Waals surface area contributed by atoms with E-state index in [1.807, 2.05) is 41.1 Å². The van der Waals surface area contributed by atoms with E-state index >= 15 is 0 Å². The molecule has 0 atom stereocenters. The Labute approximate surface area is 132 Å². The lowest BCUT2D eigenvalue weighted by atomic mass is 10.3. The number of pyridine rings is 2. The molecule has 4 aromatic rings. The van der Waals surface area contributed by atoms with Gasteiger partial charge in [-0.05, 0) is 24.3 Å². The Kier molecular flexibility index (Phi) is 3.44. The molecule has 0 N–H and O–H groups in total. The number of rotatable bonds is 5. The van der Waals surface area contributed by atoms with Crippen molar-refractivity contribution in [2.45, 2.75) is 13.2 Å². The van der Waals surface area contributed by atoms with Gasteiger partial charge in [0, 0.05) is 18.6 Å². The van der Waals surface area contributed by atoms with Crippen molar-refractivity contribution in [1.29, 1.82) is 0 Å². The number of imidazole rings is 1. The summed E-state index contributed by atoms with van der Waals surface area (Å²) in [5.41, 5.74) is 2.59. The zero-order chi connectivity index (χ0) is 15.5. The normalized spacial score (nSPS) is 11.0. The van der Waals surface area contributed by atoms with Crippen LogP contribution in [0.5, 0.6) is 5.75 Å². The summed E-state index contributed by atoms with van der Waals surface area (Å²) in [6.45, 7) is 1.01. The summed E-state index contributed by atoms with van der Waals surface area (Å²) < 4.78 is 9.69. The van der Waals surface area contributed by atoms with Gasteiger partial charge in [0.2, 0.25) is 0 Å². The van der Waals surface area contributed by atoms with Crippen LogP contribution in [0, 0.1) is 0 Å². The zero-order valence-electron chi connectivity index (χ0n) is 12.3. The fraction of sp³-hybridized carbons (Fsp3) is 0.125. The average Bonchev–Trinajstić information content (AvgIpc) is 3.25. The maximum atomic E-state index is 5.96. The molecule has 0 saturated heterocycles. The Balaban J connectivity index is 1.56. The molecular weight excluding hydrogens is 292 g/mol. The molecule has 0 fully saturated rings. The predicted octanol–water partition coefficient (Wildman–Crippen LogP) is 1.95. The van der Waals surface area contributed by atoms with E-state index in [-0.39, 0.29) is 0 Å². The van der Waals surface area contributed by atoms with Crippen LogP contribution < -0.4 is 4.74 Å². The van der Waals surface area contributed by atoms with Crippen LogP contribution >= 0.6 is 0 Å². The van der Waals surface area contributed by atoms with Crippen molar-refractivity contribution in [1.82, 2.24) is 29.1 Å². The lowest BCUT2D eigenvalue weighted by Gasteiger charge is -2.11. The van der Waals surface area contributed by atoms with Crippen LogP contribution in [0.3, 0.4) is 0 Å². The van der Waals surface area contributed by atoms with Gasteiger partial charge < -0.3 is 9.30 Å². The first-order valence-electron chi connectivity index (χ1n) is 7.20. The summed E-state index contributed by atoms with van der Waals surface area (Å²) in [6, 6.07) is 9.60. The lowest BCUT2D eigenvalue weighted by molar-refractivity contribution is 0.292. The minimum absolute atomic E-state index is 0.392. The summed E-state index contributed by atoms with van der Waals surface area (Å²) in [5.74, 6) is 0.748. The molecule has 0 aliphatic heterocycles. The van der Waals surface area contributed by atoms with Crippen molar-refractivity contribution in [2.24, 2.45) is 0 Å². The number of aromatic nitrogens is 6. The molecule has 0 aromatic carbocycles. The molecule has 7 nitrogen and oxygen atoms in total. The molecule has 7 heteroatoms. The largest absolute Gasteiger partial charge is 0.485 e. The molecule has 0 saturated carbocycles. The third-order valence-electron chi connectivity index (χ3n) is 3.50. The van der Waals surface area contributed by atoms with Gasteiger partial charge in [0.1, 0.15) is 24.4 Å². The maximum absolute atomic E-state index is 5.96. The smallest absolute Gasteiger partial charge is 0.155 e. The molecule has 0 amide bonds. The van der Waals surface area contributed by atoms with Crippen LogP contribution in [0.1, 0.15) is 11.4 Å². The number of hydrogen-bond acceptors (Lipinski definition) is 5. The Morgan fingerprint density at radius 2 is 2.04 bits per heavy atom. The second kappa shape index (κ2) is 5.88. The van der Waals surface area contributed by atoms with Crippen molar-refractivity contribution in [3.63, 3.8) is 0 Å². The lowest BCUT2D eigenvalue weighted by Crippen LogP contribution is -2.07. The Bertz CT molecular complexity index is 915. The fourth-order valence-corrected chi connectivity index (χ4v) is 2.39. The van der Waals surface area contributed by atoms with Crippen molar-refractivity contribution >= 4 is 5.65 Å². The van der Waals surface area contributed by atoms with Crippen molar-refractivity contribution < 1.29 is 4.74 Å². The van der Waals surface area contributed by atoms with E-state index in [0.717, 1.165) is 22.8 Å². The van der Waals surface area contributed by atoms with Gasteiger partial charge in [0.25, 0.3) is 0 Å². The van der Waals surface area contributed by atoms with Gasteiger partial charge in [-0.15, -0.1) is 0 Å². The second-order valence-electron chi connectivity index (χ2n) is 5.02. The van der Waals surface area contributed by atoms with Crippen LogP contribution in [0.2, 0.25) is 0 Å². The van der Waals surface area contributed by atoms with E-state index in [2.05, 4.69) is 20.1 Å². The van der Waals surface area contributed by atoms with E-state index in [9.17, 15) is 0 Å². The van der Waals surface area contributed by atoms with Gasteiger partial charge in [-0.2, -0.15) is 5.10 Å². The molecule has 4 rings (SSSR count). The van der Waals surface area contributed by atoms with E-state index < -0.39 is 0 Å². The zero-order valence-corrected chi connectivity index (χ0v) is 12.3. The van der Waals surface area contributed by atoms with Crippen molar-refractivity contribution in [3.8, 4) is 5.75 Å². The average molecular weight is 306 g/mol. The highest BCUT2D eigenvalue weighted by Gasteiger charge is 2.08. The van der Waals surface area contributed by atoms with Gasteiger partial charge in [-0.25, -0.2) is 14.5 Å². The molecular formula is C16H14N6O. The molecule has 23 heavy (non-hydrogen) atoms. The predicted molar refractivity (Wildman–Crippen MR) is 82.9 cm³/mol. The molecule has 0 aliphatic carbocycles. The number of hydrogen-bond donors (Lipinski definition) is 0. The van der Waals surface area contributed by atoms with Gasteiger partial charge in [-0.1, -0.05) is 6.07 Å². The molecule has 0 unspecified atom stereocenters. The molecule has 0 radical (unpaired) electrons. The van der Waals surface area contributed by atoms with Crippen LogP contribution in [0.4, 0.5) is 0 Å². The van der Waals surface area contributed by atoms with Gasteiger partial charge in [-0.3, -0.25) is 4.98 Å².